The van der Waals surface area contributed by atoms with Crippen molar-refractivity contribution in [2.24, 2.45) is 0 Å². The second-order valence-corrected chi connectivity index (χ2v) is 10.2. The number of phenols is 1. The summed E-state index contributed by atoms with van der Waals surface area (Å²) in [4.78, 5) is 38.7. The Morgan fingerprint density at radius 2 is 1.46 bits per heavy atom. The number of ketones is 2. The molecule has 0 spiro atoms. The smallest absolute Gasteiger partial charge is 0.357 e. The molecule has 3 aromatic carbocycles. The van der Waals surface area contributed by atoms with E-state index in [2.05, 4.69) is 5.32 Å². The van der Waals surface area contributed by atoms with Crippen LogP contribution in [-0.4, -0.2) is 42.4 Å². The van der Waals surface area contributed by atoms with Gasteiger partial charge in [-0.25, -0.2) is 0 Å². The Balaban J connectivity index is 1.55. The molecule has 1 aliphatic rings. The third kappa shape index (κ3) is 5.20. The monoisotopic (exact) mass is 523 g/mol. The zero-order valence-electron chi connectivity index (χ0n) is 20.3. The third-order valence-corrected chi connectivity index (χ3v) is 8.03. The zero-order chi connectivity index (χ0) is 26.6. The summed E-state index contributed by atoms with van der Waals surface area (Å²) in [6, 6.07) is 17.7. The molecule has 0 saturated heterocycles. The minimum absolute atomic E-state index is 0.0523. The van der Waals surface area contributed by atoms with E-state index in [-0.39, 0.29) is 41.2 Å². The van der Waals surface area contributed by atoms with Crippen molar-refractivity contribution < 1.29 is 37.8 Å². The molecule has 2 N–H and O–H groups in total. The topological polar surface area (TPSA) is 128 Å². The number of phenolic OH excluding ortho intramolecular Hbond substituents is 1. The first-order valence-electron chi connectivity index (χ1n) is 11.7. The van der Waals surface area contributed by atoms with E-state index < -0.39 is 43.2 Å². The summed E-state index contributed by atoms with van der Waals surface area (Å²) >= 11 is 0. The van der Waals surface area contributed by atoms with Crippen LogP contribution in [0.5, 0.6) is 11.5 Å². The number of amides is 1. The van der Waals surface area contributed by atoms with Crippen LogP contribution in [0.1, 0.15) is 57.0 Å². The standard InChI is InChI=1S/C27H26NO8P/c1-3-35-37(33,36-4-2)27(17-10-6-5-7-11-17)28-22(29)16-34-21-15-14-20-23(26(21)32)25(31)19-13-9-8-12-18(19)24(20)30/h5-15,27,32H,3-4,16H2,1-2H3,(H,28,29). The Morgan fingerprint density at radius 3 is 2.08 bits per heavy atom. The van der Waals surface area contributed by atoms with Crippen LogP contribution >= 0.6 is 7.60 Å². The number of benzene rings is 3. The number of rotatable bonds is 10. The lowest BCUT2D eigenvalue weighted by molar-refractivity contribution is -0.123. The molecule has 4 rings (SSSR count). The second-order valence-electron chi connectivity index (χ2n) is 8.08. The summed E-state index contributed by atoms with van der Waals surface area (Å²) in [6.07, 6.45) is 0. The van der Waals surface area contributed by atoms with Gasteiger partial charge in [-0.2, -0.15) is 0 Å². The Morgan fingerprint density at radius 1 is 0.865 bits per heavy atom. The summed E-state index contributed by atoms with van der Waals surface area (Å²) in [5.41, 5.74) is 0.823. The number of ether oxygens (including phenoxy) is 1. The van der Waals surface area contributed by atoms with Crippen LogP contribution in [0.4, 0.5) is 0 Å². The minimum Gasteiger partial charge on any atom is -0.504 e. The lowest BCUT2D eigenvalue weighted by atomic mass is 9.83. The molecule has 37 heavy (non-hydrogen) atoms. The summed E-state index contributed by atoms with van der Waals surface area (Å²) in [5.74, 6) is -3.36. The quantitative estimate of drug-likeness (QED) is 0.288. The predicted octanol–water partition coefficient (Wildman–Crippen LogP) is 4.63. The van der Waals surface area contributed by atoms with Gasteiger partial charge in [0, 0.05) is 16.7 Å². The maximum atomic E-state index is 13.5. The summed E-state index contributed by atoms with van der Waals surface area (Å²) in [7, 11) is -3.79. The minimum atomic E-state index is -3.79. The number of carbonyl (C=O) groups is 3. The molecule has 10 heteroatoms. The van der Waals surface area contributed by atoms with E-state index in [0.29, 0.717) is 5.56 Å². The summed E-state index contributed by atoms with van der Waals surface area (Å²) < 4.78 is 29.9. The molecule has 1 amide bonds. The van der Waals surface area contributed by atoms with E-state index in [0.717, 1.165) is 0 Å². The fourth-order valence-electron chi connectivity index (χ4n) is 4.13. The zero-order valence-corrected chi connectivity index (χ0v) is 21.2. The molecule has 9 nitrogen and oxygen atoms in total. The summed E-state index contributed by atoms with van der Waals surface area (Å²) in [5, 5.41) is 13.4. The lowest BCUT2D eigenvalue weighted by Gasteiger charge is -2.27. The first kappa shape index (κ1) is 26.3. The van der Waals surface area contributed by atoms with Crippen LogP contribution in [0.25, 0.3) is 0 Å². The molecule has 0 bridgehead atoms. The molecule has 0 heterocycles. The van der Waals surface area contributed by atoms with E-state index in [1.165, 1.54) is 18.2 Å². The van der Waals surface area contributed by atoms with E-state index in [9.17, 15) is 24.1 Å². The molecular formula is C27H26NO8P. The molecule has 1 unspecified atom stereocenters. The van der Waals surface area contributed by atoms with E-state index >= 15 is 0 Å². The van der Waals surface area contributed by atoms with Gasteiger partial charge in [-0.15, -0.1) is 0 Å². The highest BCUT2D eigenvalue weighted by atomic mass is 31.2. The van der Waals surface area contributed by atoms with Crippen molar-refractivity contribution >= 4 is 25.1 Å². The van der Waals surface area contributed by atoms with Crippen LogP contribution in [0, 0.1) is 0 Å². The third-order valence-electron chi connectivity index (χ3n) is 5.74. The number of hydrogen-bond donors (Lipinski definition) is 2. The van der Waals surface area contributed by atoms with Crippen LogP contribution in [0.3, 0.4) is 0 Å². The predicted molar refractivity (Wildman–Crippen MR) is 135 cm³/mol. The number of hydrogen-bond acceptors (Lipinski definition) is 8. The Hall–Kier alpha value is -3.78. The first-order chi connectivity index (χ1) is 17.8. The highest BCUT2D eigenvalue weighted by Crippen LogP contribution is 2.59. The Bertz CT molecular complexity index is 1380. The fraction of sp³-hybridized carbons (Fsp3) is 0.222. The van der Waals surface area contributed by atoms with Gasteiger partial charge in [0.05, 0.1) is 18.8 Å². The molecular weight excluding hydrogens is 497 g/mol. The molecule has 1 atom stereocenters. The molecule has 0 saturated carbocycles. The molecule has 1 aliphatic carbocycles. The maximum Gasteiger partial charge on any atom is 0.357 e. The molecule has 0 radical (unpaired) electrons. The van der Waals surface area contributed by atoms with Crippen molar-refractivity contribution in [2.45, 2.75) is 19.6 Å². The van der Waals surface area contributed by atoms with Gasteiger partial charge in [0.2, 0.25) is 0 Å². The van der Waals surface area contributed by atoms with Gasteiger partial charge in [-0.1, -0.05) is 54.6 Å². The van der Waals surface area contributed by atoms with Crippen molar-refractivity contribution in [3.63, 3.8) is 0 Å². The van der Waals surface area contributed by atoms with Crippen molar-refractivity contribution in [3.8, 4) is 11.5 Å². The maximum absolute atomic E-state index is 13.5. The molecule has 3 aromatic rings. The van der Waals surface area contributed by atoms with Gasteiger partial charge in [0.15, 0.2) is 35.5 Å². The SMILES string of the molecule is CCOP(=O)(OCC)C(NC(=O)COc1ccc2c(c1O)C(=O)c1ccccc1C2=O)c1ccccc1. The Labute approximate surface area is 213 Å². The normalized spacial score (nSPS) is 13.5. The van der Waals surface area contributed by atoms with Gasteiger partial charge in [-0.3, -0.25) is 18.9 Å². The highest BCUT2D eigenvalue weighted by Gasteiger charge is 2.38. The second kappa shape index (κ2) is 11.1. The number of fused-ring (bicyclic) bond motifs is 2. The van der Waals surface area contributed by atoms with Gasteiger partial charge in [0.1, 0.15) is 0 Å². The molecule has 0 aliphatic heterocycles. The largest absolute Gasteiger partial charge is 0.504 e. The van der Waals surface area contributed by atoms with Crippen molar-refractivity contribution in [2.75, 3.05) is 19.8 Å². The van der Waals surface area contributed by atoms with Gasteiger partial charge >= 0.3 is 7.60 Å². The number of carbonyl (C=O) groups excluding carboxylic acids is 3. The first-order valence-corrected chi connectivity index (χ1v) is 13.3. The van der Waals surface area contributed by atoms with E-state index in [1.54, 1.807) is 62.4 Å². The van der Waals surface area contributed by atoms with Crippen LogP contribution in [-0.2, 0) is 18.4 Å². The molecule has 0 aromatic heterocycles. The van der Waals surface area contributed by atoms with Crippen molar-refractivity contribution in [3.05, 3.63) is 94.5 Å². The van der Waals surface area contributed by atoms with Crippen LogP contribution in [0.15, 0.2) is 66.7 Å². The van der Waals surface area contributed by atoms with E-state index in [1.807, 2.05) is 0 Å². The van der Waals surface area contributed by atoms with Gasteiger partial charge < -0.3 is 24.2 Å². The molecule has 0 fully saturated rings. The van der Waals surface area contributed by atoms with Crippen molar-refractivity contribution in [1.29, 1.82) is 0 Å². The van der Waals surface area contributed by atoms with E-state index in [4.69, 9.17) is 13.8 Å². The summed E-state index contributed by atoms with van der Waals surface area (Å²) in [6.45, 7) is 2.97. The van der Waals surface area contributed by atoms with Crippen LogP contribution < -0.4 is 10.1 Å². The lowest BCUT2D eigenvalue weighted by Crippen LogP contribution is -2.33. The molecule has 192 valence electrons. The van der Waals surface area contributed by atoms with Gasteiger partial charge in [0.25, 0.3) is 5.91 Å². The average molecular weight is 523 g/mol. The van der Waals surface area contributed by atoms with Crippen LogP contribution in [0.2, 0.25) is 0 Å². The number of aromatic hydroxyl groups is 1. The Kier molecular flexibility index (Phi) is 7.88. The number of nitrogens with one attached hydrogen (secondary N) is 1. The average Bonchev–Trinajstić information content (AvgIpc) is 2.90. The fourth-order valence-corrected chi connectivity index (χ4v) is 6.06. The van der Waals surface area contributed by atoms with Crippen molar-refractivity contribution in [1.82, 2.24) is 5.32 Å². The highest BCUT2D eigenvalue weighted by molar-refractivity contribution is 7.54. The van der Waals surface area contributed by atoms with Gasteiger partial charge in [-0.05, 0) is 31.5 Å².